The van der Waals surface area contributed by atoms with Gasteiger partial charge in [-0.25, -0.2) is 4.98 Å². The predicted octanol–water partition coefficient (Wildman–Crippen LogP) is 4.03. The van der Waals surface area contributed by atoms with E-state index in [1.165, 1.54) is 18.3 Å². The molecule has 0 aliphatic rings. The number of aryl methyl sites for hydroxylation is 1. The van der Waals surface area contributed by atoms with Gasteiger partial charge in [-0.15, -0.1) is 11.3 Å². The number of carbonyl (C=O) groups excluding carboxylic acids is 2. The van der Waals surface area contributed by atoms with Crippen LogP contribution in [0, 0.1) is 0 Å². The number of para-hydroxylation sites is 1. The molecule has 1 aromatic heterocycles. The SMILES string of the molecule is CCc1ccccc1OCC(=O)Nc1nc(-c2ccc(CNC(C)=O)cc2)cs1. The highest BCUT2D eigenvalue weighted by atomic mass is 32.1. The van der Waals surface area contributed by atoms with Gasteiger partial charge in [-0.2, -0.15) is 0 Å². The molecular formula is C22H23N3O3S. The van der Waals surface area contributed by atoms with Gasteiger partial charge in [0.15, 0.2) is 11.7 Å². The number of carbonyl (C=O) groups is 2. The molecule has 0 atom stereocenters. The van der Waals surface area contributed by atoms with Gasteiger partial charge < -0.3 is 10.1 Å². The molecule has 0 aliphatic carbocycles. The molecule has 2 amide bonds. The molecule has 0 unspecified atom stereocenters. The fourth-order valence-corrected chi connectivity index (χ4v) is 3.45. The number of nitrogens with zero attached hydrogens (tertiary/aromatic N) is 1. The van der Waals surface area contributed by atoms with Crippen molar-refractivity contribution in [1.29, 1.82) is 0 Å². The quantitative estimate of drug-likeness (QED) is 0.589. The summed E-state index contributed by atoms with van der Waals surface area (Å²) in [6.45, 7) is 3.97. The number of hydrogen-bond donors (Lipinski definition) is 2. The predicted molar refractivity (Wildman–Crippen MR) is 115 cm³/mol. The molecule has 0 spiro atoms. The summed E-state index contributed by atoms with van der Waals surface area (Å²) in [6, 6.07) is 15.5. The van der Waals surface area contributed by atoms with Crippen LogP contribution in [-0.2, 0) is 22.6 Å². The highest BCUT2D eigenvalue weighted by molar-refractivity contribution is 7.14. The van der Waals surface area contributed by atoms with Crippen molar-refractivity contribution < 1.29 is 14.3 Å². The lowest BCUT2D eigenvalue weighted by Crippen LogP contribution is -2.20. The molecule has 0 saturated heterocycles. The molecule has 0 bridgehead atoms. The van der Waals surface area contributed by atoms with E-state index < -0.39 is 0 Å². The highest BCUT2D eigenvalue weighted by Crippen LogP contribution is 2.25. The molecule has 3 rings (SSSR count). The number of hydrogen-bond acceptors (Lipinski definition) is 5. The van der Waals surface area contributed by atoms with Crippen molar-refractivity contribution in [3.63, 3.8) is 0 Å². The normalized spacial score (nSPS) is 10.4. The van der Waals surface area contributed by atoms with Gasteiger partial charge in [-0.1, -0.05) is 49.4 Å². The number of aromatic nitrogens is 1. The summed E-state index contributed by atoms with van der Waals surface area (Å²) in [6.07, 6.45) is 0.844. The zero-order valence-electron chi connectivity index (χ0n) is 16.4. The lowest BCUT2D eigenvalue weighted by atomic mass is 10.1. The van der Waals surface area contributed by atoms with Gasteiger partial charge in [0, 0.05) is 24.4 Å². The van der Waals surface area contributed by atoms with Crippen molar-refractivity contribution in [2.24, 2.45) is 0 Å². The van der Waals surface area contributed by atoms with Gasteiger partial charge >= 0.3 is 0 Å². The third kappa shape index (κ3) is 5.89. The van der Waals surface area contributed by atoms with E-state index >= 15 is 0 Å². The summed E-state index contributed by atoms with van der Waals surface area (Å²) >= 11 is 1.36. The molecule has 0 saturated carbocycles. The van der Waals surface area contributed by atoms with Crippen molar-refractivity contribution in [2.75, 3.05) is 11.9 Å². The molecule has 1 heterocycles. The zero-order chi connectivity index (χ0) is 20.6. The Hall–Kier alpha value is -3.19. The molecule has 6 nitrogen and oxygen atoms in total. The number of rotatable bonds is 8. The van der Waals surface area contributed by atoms with E-state index in [-0.39, 0.29) is 18.4 Å². The van der Waals surface area contributed by atoms with Crippen molar-refractivity contribution in [3.05, 3.63) is 65.0 Å². The lowest BCUT2D eigenvalue weighted by Gasteiger charge is -2.09. The third-order valence-corrected chi connectivity index (χ3v) is 5.01. The number of anilines is 1. The van der Waals surface area contributed by atoms with Crippen LogP contribution >= 0.6 is 11.3 Å². The maximum atomic E-state index is 12.2. The largest absolute Gasteiger partial charge is 0.483 e. The van der Waals surface area contributed by atoms with Crippen LogP contribution < -0.4 is 15.4 Å². The van der Waals surface area contributed by atoms with E-state index in [0.717, 1.165) is 34.6 Å². The summed E-state index contributed by atoms with van der Waals surface area (Å²) in [5.41, 5.74) is 3.81. The molecular weight excluding hydrogens is 386 g/mol. The van der Waals surface area contributed by atoms with Crippen molar-refractivity contribution >= 4 is 28.3 Å². The number of thiazole rings is 1. The van der Waals surface area contributed by atoms with Crippen molar-refractivity contribution in [2.45, 2.75) is 26.8 Å². The Bertz CT molecular complexity index is 983. The maximum absolute atomic E-state index is 12.2. The molecule has 0 aliphatic heterocycles. The van der Waals surface area contributed by atoms with E-state index in [9.17, 15) is 9.59 Å². The van der Waals surface area contributed by atoms with Gasteiger partial charge in [-0.05, 0) is 23.6 Å². The Kier molecular flexibility index (Phi) is 6.97. The second-order valence-corrected chi connectivity index (χ2v) is 7.30. The average molecular weight is 410 g/mol. The van der Waals surface area contributed by atoms with Crippen LogP contribution in [0.5, 0.6) is 5.75 Å². The number of benzene rings is 2. The molecule has 7 heteroatoms. The number of amides is 2. The fourth-order valence-electron chi connectivity index (χ4n) is 2.72. The topological polar surface area (TPSA) is 80.3 Å². The Morgan fingerprint density at radius 3 is 2.59 bits per heavy atom. The molecule has 3 aromatic rings. The Morgan fingerprint density at radius 1 is 1.10 bits per heavy atom. The first kappa shape index (κ1) is 20.5. The fraction of sp³-hybridized carbons (Fsp3) is 0.227. The molecule has 0 fully saturated rings. The molecule has 2 N–H and O–H groups in total. The Balaban J connectivity index is 1.55. The van der Waals surface area contributed by atoms with Gasteiger partial charge in [0.1, 0.15) is 5.75 Å². The monoisotopic (exact) mass is 409 g/mol. The van der Waals surface area contributed by atoms with Gasteiger partial charge in [0.25, 0.3) is 5.91 Å². The Labute approximate surface area is 173 Å². The van der Waals surface area contributed by atoms with Crippen LogP contribution in [0.15, 0.2) is 53.9 Å². The van der Waals surface area contributed by atoms with Crippen LogP contribution in [0.1, 0.15) is 25.0 Å². The minimum Gasteiger partial charge on any atom is -0.483 e. The summed E-state index contributed by atoms with van der Waals surface area (Å²) in [4.78, 5) is 27.7. The van der Waals surface area contributed by atoms with Gasteiger partial charge in [0.05, 0.1) is 5.69 Å². The lowest BCUT2D eigenvalue weighted by molar-refractivity contribution is -0.119. The van der Waals surface area contributed by atoms with Gasteiger partial charge in [0.2, 0.25) is 5.91 Å². The average Bonchev–Trinajstić information content (AvgIpc) is 3.19. The van der Waals surface area contributed by atoms with E-state index in [0.29, 0.717) is 11.7 Å². The highest BCUT2D eigenvalue weighted by Gasteiger charge is 2.10. The van der Waals surface area contributed by atoms with Crippen molar-refractivity contribution in [3.8, 4) is 17.0 Å². The van der Waals surface area contributed by atoms with Crippen LogP contribution in [0.25, 0.3) is 11.3 Å². The molecule has 29 heavy (non-hydrogen) atoms. The smallest absolute Gasteiger partial charge is 0.264 e. The van der Waals surface area contributed by atoms with Crippen LogP contribution in [-0.4, -0.2) is 23.4 Å². The zero-order valence-corrected chi connectivity index (χ0v) is 17.2. The van der Waals surface area contributed by atoms with E-state index in [1.807, 2.05) is 60.8 Å². The molecule has 0 radical (unpaired) electrons. The van der Waals surface area contributed by atoms with Crippen LogP contribution in [0.4, 0.5) is 5.13 Å². The van der Waals surface area contributed by atoms with Gasteiger partial charge in [-0.3, -0.25) is 14.9 Å². The molecule has 2 aromatic carbocycles. The minimum absolute atomic E-state index is 0.0591. The first-order chi connectivity index (χ1) is 14.0. The van der Waals surface area contributed by atoms with E-state index in [1.54, 1.807) is 0 Å². The van der Waals surface area contributed by atoms with E-state index in [2.05, 4.69) is 15.6 Å². The first-order valence-electron chi connectivity index (χ1n) is 9.35. The summed E-state index contributed by atoms with van der Waals surface area (Å²) < 4.78 is 5.64. The minimum atomic E-state index is -0.248. The summed E-state index contributed by atoms with van der Waals surface area (Å²) in [5, 5.41) is 7.97. The van der Waals surface area contributed by atoms with Crippen molar-refractivity contribution in [1.82, 2.24) is 10.3 Å². The van der Waals surface area contributed by atoms with E-state index in [4.69, 9.17) is 4.74 Å². The first-order valence-corrected chi connectivity index (χ1v) is 10.2. The summed E-state index contributed by atoms with van der Waals surface area (Å²) in [5.74, 6) is 0.419. The number of ether oxygens (including phenoxy) is 1. The summed E-state index contributed by atoms with van der Waals surface area (Å²) in [7, 11) is 0. The maximum Gasteiger partial charge on any atom is 0.264 e. The molecule has 150 valence electrons. The van der Waals surface area contributed by atoms with Crippen LogP contribution in [0.2, 0.25) is 0 Å². The standard InChI is InChI=1S/C22H23N3O3S/c1-3-17-6-4-5-7-20(17)28-13-21(27)25-22-24-19(14-29-22)18-10-8-16(9-11-18)12-23-15(2)26/h4-11,14H,3,12-13H2,1-2H3,(H,23,26)(H,24,25,27). The second-order valence-electron chi connectivity index (χ2n) is 6.44. The number of nitrogens with one attached hydrogen (secondary N) is 2. The Morgan fingerprint density at radius 2 is 1.86 bits per heavy atom. The second kappa shape index (κ2) is 9.84. The third-order valence-electron chi connectivity index (χ3n) is 4.25. The van der Waals surface area contributed by atoms with Crippen LogP contribution in [0.3, 0.4) is 0 Å².